The molecule has 1 saturated carbocycles. The standard InChI is InChI=1S/C20H29N5O4/c1-2-28-18-13-21-12-16(22-18)19-23-20(29-25-19)15(11-17(26)24-27)10-6-9-14-7-4-3-5-8-14/h12-15,27H,2-11H2,1H3,(H,24,26)/t15-/m1/s1. The Balaban J connectivity index is 1.67. The summed E-state index contributed by atoms with van der Waals surface area (Å²) in [6.07, 6.45) is 12.6. The lowest BCUT2D eigenvalue weighted by Gasteiger charge is -2.22. The van der Waals surface area contributed by atoms with E-state index in [-0.39, 0.29) is 12.3 Å². The summed E-state index contributed by atoms with van der Waals surface area (Å²) >= 11 is 0. The van der Waals surface area contributed by atoms with Crippen molar-refractivity contribution in [2.45, 2.75) is 70.6 Å². The highest BCUT2D eigenvalue weighted by atomic mass is 16.5. The Kier molecular flexibility index (Phi) is 7.92. The van der Waals surface area contributed by atoms with Crippen LogP contribution in [0.25, 0.3) is 11.5 Å². The van der Waals surface area contributed by atoms with Crippen molar-refractivity contribution < 1.29 is 19.3 Å². The second kappa shape index (κ2) is 10.8. The Hall–Kier alpha value is -2.55. The highest BCUT2D eigenvalue weighted by Crippen LogP contribution is 2.31. The van der Waals surface area contributed by atoms with Gasteiger partial charge in [-0.05, 0) is 19.3 Å². The van der Waals surface area contributed by atoms with Crippen molar-refractivity contribution in [1.29, 1.82) is 0 Å². The molecule has 2 aromatic rings. The van der Waals surface area contributed by atoms with Crippen LogP contribution in [0.5, 0.6) is 5.88 Å². The summed E-state index contributed by atoms with van der Waals surface area (Å²) in [6.45, 7) is 2.35. The third-order valence-corrected chi connectivity index (χ3v) is 5.37. The maximum absolute atomic E-state index is 11.8. The topological polar surface area (TPSA) is 123 Å². The number of hydrogen-bond donors (Lipinski definition) is 2. The van der Waals surface area contributed by atoms with Crippen molar-refractivity contribution in [3.63, 3.8) is 0 Å². The molecule has 2 N–H and O–H groups in total. The van der Waals surface area contributed by atoms with E-state index in [4.69, 9.17) is 14.5 Å². The molecule has 3 rings (SSSR count). The van der Waals surface area contributed by atoms with Crippen LogP contribution in [0.15, 0.2) is 16.9 Å². The summed E-state index contributed by atoms with van der Waals surface area (Å²) in [4.78, 5) is 24.6. The van der Waals surface area contributed by atoms with Gasteiger partial charge in [0.2, 0.25) is 23.5 Å². The number of nitrogens with zero attached hydrogens (tertiary/aromatic N) is 4. The van der Waals surface area contributed by atoms with Crippen LogP contribution in [0.3, 0.4) is 0 Å². The molecule has 0 spiro atoms. The van der Waals surface area contributed by atoms with E-state index in [0.29, 0.717) is 29.9 Å². The molecule has 2 aromatic heterocycles. The predicted molar refractivity (Wildman–Crippen MR) is 104 cm³/mol. The van der Waals surface area contributed by atoms with Crippen LogP contribution in [0.1, 0.15) is 76.5 Å². The Morgan fingerprint density at radius 2 is 2.14 bits per heavy atom. The summed E-state index contributed by atoms with van der Waals surface area (Å²) < 4.78 is 10.8. The van der Waals surface area contributed by atoms with Crippen LogP contribution in [-0.4, -0.2) is 37.8 Å². The molecule has 0 radical (unpaired) electrons. The molecule has 9 nitrogen and oxygen atoms in total. The first-order chi connectivity index (χ1) is 14.2. The molecule has 158 valence electrons. The Morgan fingerprint density at radius 1 is 1.31 bits per heavy atom. The van der Waals surface area contributed by atoms with Gasteiger partial charge in [-0.15, -0.1) is 0 Å². The zero-order chi connectivity index (χ0) is 20.5. The number of nitrogens with one attached hydrogen (secondary N) is 1. The Labute approximate surface area is 170 Å². The van der Waals surface area contributed by atoms with Crippen LogP contribution in [-0.2, 0) is 4.79 Å². The van der Waals surface area contributed by atoms with Crippen molar-refractivity contribution in [3.8, 4) is 17.4 Å². The van der Waals surface area contributed by atoms with Gasteiger partial charge >= 0.3 is 0 Å². The molecule has 1 aliphatic carbocycles. The van der Waals surface area contributed by atoms with E-state index in [1.807, 2.05) is 6.92 Å². The van der Waals surface area contributed by atoms with Crippen LogP contribution in [0.4, 0.5) is 0 Å². The lowest BCUT2D eigenvalue weighted by Crippen LogP contribution is -2.21. The number of rotatable bonds is 10. The second-order valence-electron chi connectivity index (χ2n) is 7.50. The molecule has 0 unspecified atom stereocenters. The second-order valence-corrected chi connectivity index (χ2v) is 7.50. The first-order valence-corrected chi connectivity index (χ1v) is 10.4. The van der Waals surface area contributed by atoms with E-state index in [1.54, 1.807) is 5.48 Å². The minimum absolute atomic E-state index is 0.0907. The van der Waals surface area contributed by atoms with Crippen molar-refractivity contribution >= 4 is 5.91 Å². The molecule has 1 atom stereocenters. The largest absolute Gasteiger partial charge is 0.477 e. The van der Waals surface area contributed by atoms with E-state index in [1.165, 1.54) is 44.5 Å². The number of carbonyl (C=O) groups is 1. The molecule has 1 amide bonds. The predicted octanol–water partition coefficient (Wildman–Crippen LogP) is 3.66. The maximum atomic E-state index is 11.8. The minimum atomic E-state index is -0.467. The molecule has 2 heterocycles. The number of hydroxylamine groups is 1. The zero-order valence-electron chi connectivity index (χ0n) is 16.8. The van der Waals surface area contributed by atoms with Crippen molar-refractivity contribution in [2.75, 3.05) is 6.61 Å². The van der Waals surface area contributed by atoms with Gasteiger partial charge in [-0.2, -0.15) is 4.98 Å². The fourth-order valence-electron chi connectivity index (χ4n) is 3.89. The smallest absolute Gasteiger partial charge is 0.244 e. The number of ether oxygens (including phenoxy) is 1. The lowest BCUT2D eigenvalue weighted by atomic mass is 9.84. The van der Waals surface area contributed by atoms with Crippen molar-refractivity contribution in [2.24, 2.45) is 5.92 Å². The third-order valence-electron chi connectivity index (χ3n) is 5.37. The number of amides is 1. The van der Waals surface area contributed by atoms with Gasteiger partial charge in [-0.1, -0.05) is 50.1 Å². The van der Waals surface area contributed by atoms with Crippen LogP contribution in [0.2, 0.25) is 0 Å². The summed E-state index contributed by atoms with van der Waals surface area (Å²) in [5.41, 5.74) is 2.14. The first-order valence-electron chi connectivity index (χ1n) is 10.4. The average molecular weight is 403 g/mol. The first kappa shape index (κ1) is 21.2. The van der Waals surface area contributed by atoms with Gasteiger partial charge in [0.15, 0.2) is 0 Å². The van der Waals surface area contributed by atoms with Gasteiger partial charge in [0.25, 0.3) is 0 Å². The van der Waals surface area contributed by atoms with Gasteiger partial charge in [-0.25, -0.2) is 10.5 Å². The molecular weight excluding hydrogens is 374 g/mol. The van der Waals surface area contributed by atoms with Gasteiger partial charge in [0.1, 0.15) is 5.69 Å². The lowest BCUT2D eigenvalue weighted by molar-refractivity contribution is -0.129. The van der Waals surface area contributed by atoms with Gasteiger partial charge < -0.3 is 9.26 Å². The average Bonchev–Trinajstić information content (AvgIpc) is 3.24. The third kappa shape index (κ3) is 6.22. The van der Waals surface area contributed by atoms with Gasteiger partial charge in [0, 0.05) is 12.3 Å². The van der Waals surface area contributed by atoms with E-state index in [0.717, 1.165) is 25.2 Å². The maximum Gasteiger partial charge on any atom is 0.244 e. The molecule has 0 aromatic carbocycles. The molecule has 9 heteroatoms. The Bertz CT molecular complexity index is 776. The zero-order valence-corrected chi connectivity index (χ0v) is 16.8. The Morgan fingerprint density at radius 3 is 2.90 bits per heavy atom. The highest BCUT2D eigenvalue weighted by Gasteiger charge is 2.24. The monoisotopic (exact) mass is 403 g/mol. The summed E-state index contributed by atoms with van der Waals surface area (Å²) in [6, 6.07) is 0. The normalized spacial score (nSPS) is 15.8. The van der Waals surface area contributed by atoms with Gasteiger partial charge in [-0.3, -0.25) is 15.0 Å². The van der Waals surface area contributed by atoms with Crippen LogP contribution >= 0.6 is 0 Å². The summed E-state index contributed by atoms with van der Waals surface area (Å²) in [7, 11) is 0. The fraction of sp³-hybridized carbons (Fsp3) is 0.650. The SMILES string of the molecule is CCOc1cncc(-c2noc([C@H](CCCC3CCCCC3)CC(=O)NO)n2)n1. The van der Waals surface area contributed by atoms with E-state index < -0.39 is 5.91 Å². The van der Waals surface area contributed by atoms with E-state index in [9.17, 15) is 4.79 Å². The number of carbonyl (C=O) groups excluding carboxylic acids is 1. The van der Waals surface area contributed by atoms with Gasteiger partial charge in [0.05, 0.1) is 19.0 Å². The molecule has 0 aliphatic heterocycles. The van der Waals surface area contributed by atoms with Crippen LogP contribution in [0, 0.1) is 5.92 Å². The molecule has 0 saturated heterocycles. The van der Waals surface area contributed by atoms with Crippen molar-refractivity contribution in [3.05, 3.63) is 18.3 Å². The van der Waals surface area contributed by atoms with Crippen molar-refractivity contribution in [1.82, 2.24) is 25.6 Å². The molecule has 29 heavy (non-hydrogen) atoms. The fourth-order valence-corrected chi connectivity index (χ4v) is 3.89. The van der Waals surface area contributed by atoms with E-state index >= 15 is 0 Å². The highest BCUT2D eigenvalue weighted by molar-refractivity contribution is 5.75. The molecule has 0 bridgehead atoms. The summed E-state index contributed by atoms with van der Waals surface area (Å²) in [5.74, 6) is 1.11. The minimum Gasteiger partial charge on any atom is -0.477 e. The van der Waals surface area contributed by atoms with E-state index in [2.05, 4.69) is 20.1 Å². The quantitative estimate of drug-likeness (QED) is 0.455. The molecule has 1 fully saturated rings. The number of hydrogen-bond acceptors (Lipinski definition) is 8. The molecule has 1 aliphatic rings. The molecular formula is C20H29N5O4. The summed E-state index contributed by atoms with van der Waals surface area (Å²) in [5, 5.41) is 12.9. The number of aromatic nitrogens is 4. The van der Waals surface area contributed by atoms with Crippen LogP contribution < -0.4 is 10.2 Å².